The van der Waals surface area contributed by atoms with Crippen molar-refractivity contribution in [1.82, 2.24) is 9.97 Å². The van der Waals surface area contributed by atoms with Crippen molar-refractivity contribution in [1.29, 1.82) is 0 Å². The van der Waals surface area contributed by atoms with Crippen molar-refractivity contribution >= 4 is 5.82 Å². The van der Waals surface area contributed by atoms with E-state index in [0.29, 0.717) is 16.7 Å². The zero-order valence-corrected chi connectivity index (χ0v) is 19.7. The normalized spacial score (nSPS) is 26.4. The van der Waals surface area contributed by atoms with Gasteiger partial charge in [-0.05, 0) is 98.4 Å². The van der Waals surface area contributed by atoms with Crippen LogP contribution in [0, 0.1) is 12.3 Å². The molecule has 4 aliphatic carbocycles. The van der Waals surface area contributed by atoms with Gasteiger partial charge in [0.2, 0.25) is 0 Å². The molecule has 0 amide bonds. The number of rotatable bonds is 7. The third-order valence-corrected chi connectivity index (χ3v) is 8.56. The number of fused-ring (bicyclic) bond motifs is 3. The van der Waals surface area contributed by atoms with Crippen molar-refractivity contribution in [3.8, 4) is 17.0 Å². The molecule has 5 nitrogen and oxygen atoms in total. The van der Waals surface area contributed by atoms with E-state index >= 15 is 0 Å². The van der Waals surface area contributed by atoms with E-state index in [9.17, 15) is 0 Å². The number of methoxy groups -OCH3 is 1. The molecule has 4 saturated carbocycles. The van der Waals surface area contributed by atoms with Gasteiger partial charge in [0, 0.05) is 24.2 Å². The molecular weight excluding hydrogens is 410 g/mol. The first-order chi connectivity index (χ1) is 16.1. The molecule has 1 aromatic carbocycles. The van der Waals surface area contributed by atoms with Crippen molar-refractivity contribution in [2.75, 3.05) is 19.0 Å². The Morgan fingerprint density at radius 3 is 2.55 bits per heavy atom. The lowest BCUT2D eigenvalue weighted by Crippen LogP contribution is -2.47. The van der Waals surface area contributed by atoms with Gasteiger partial charge in [0.1, 0.15) is 23.5 Å². The van der Waals surface area contributed by atoms with Crippen LogP contribution in [0.4, 0.5) is 5.82 Å². The van der Waals surface area contributed by atoms with Crippen LogP contribution in [0.25, 0.3) is 11.3 Å². The van der Waals surface area contributed by atoms with Gasteiger partial charge in [-0.25, -0.2) is 9.97 Å². The molecule has 5 heteroatoms. The molecule has 4 aliphatic rings. The first kappa shape index (κ1) is 20.8. The van der Waals surface area contributed by atoms with Crippen LogP contribution in [0.5, 0.6) is 5.75 Å². The summed E-state index contributed by atoms with van der Waals surface area (Å²) < 4.78 is 11.2. The summed E-state index contributed by atoms with van der Waals surface area (Å²) in [7, 11) is 1.75. The number of aromatic nitrogens is 2. The highest BCUT2D eigenvalue weighted by Crippen LogP contribution is 2.58. The zero-order chi connectivity index (χ0) is 22.5. The molecule has 0 atom stereocenters. The number of pyridine rings is 1. The largest absolute Gasteiger partial charge is 0.496 e. The molecule has 3 aromatic rings. The fraction of sp³-hybridized carbons (Fsp3) is 0.500. The van der Waals surface area contributed by atoms with Crippen LogP contribution >= 0.6 is 0 Å². The Kier molecular flexibility index (Phi) is 4.97. The van der Waals surface area contributed by atoms with E-state index < -0.39 is 0 Å². The number of nitrogens with zero attached hydrogens (tertiary/aromatic N) is 2. The van der Waals surface area contributed by atoms with Crippen LogP contribution < -0.4 is 10.1 Å². The number of hydrogen-bond donors (Lipinski definition) is 1. The SMILES string of the molecule is COc1ccc(C23CCC(CNc4cc(-c5coc(C6CC6)n5)ccn4)(CC2)CC3)cc1C. The lowest BCUT2D eigenvalue weighted by molar-refractivity contribution is 0.0505. The average Bonchev–Trinajstić information content (AvgIpc) is 3.60. The maximum atomic E-state index is 5.68. The van der Waals surface area contributed by atoms with Gasteiger partial charge in [0.25, 0.3) is 0 Å². The van der Waals surface area contributed by atoms with Crippen LogP contribution in [0.2, 0.25) is 0 Å². The molecule has 33 heavy (non-hydrogen) atoms. The second kappa shape index (κ2) is 7.89. The van der Waals surface area contributed by atoms with Gasteiger partial charge in [-0.15, -0.1) is 0 Å². The summed E-state index contributed by atoms with van der Waals surface area (Å²) >= 11 is 0. The Hall–Kier alpha value is -2.82. The molecule has 0 radical (unpaired) electrons. The van der Waals surface area contributed by atoms with Crippen molar-refractivity contribution in [2.45, 2.75) is 69.6 Å². The summed E-state index contributed by atoms with van der Waals surface area (Å²) in [6.07, 6.45) is 13.7. The molecule has 7 rings (SSSR count). The Bertz CT molecular complexity index is 1140. The molecule has 2 heterocycles. The zero-order valence-electron chi connectivity index (χ0n) is 19.7. The number of aryl methyl sites for hydroxylation is 1. The predicted molar refractivity (Wildman–Crippen MR) is 130 cm³/mol. The summed E-state index contributed by atoms with van der Waals surface area (Å²) in [5.41, 5.74) is 5.47. The minimum absolute atomic E-state index is 0.350. The van der Waals surface area contributed by atoms with E-state index in [1.54, 1.807) is 13.4 Å². The Morgan fingerprint density at radius 1 is 1.06 bits per heavy atom. The highest BCUT2D eigenvalue weighted by molar-refractivity contribution is 5.62. The summed E-state index contributed by atoms with van der Waals surface area (Å²) in [5, 5.41) is 3.67. The molecular formula is C28H33N3O2. The number of benzene rings is 1. The predicted octanol–water partition coefficient (Wildman–Crippen LogP) is 6.64. The highest BCUT2D eigenvalue weighted by Gasteiger charge is 2.49. The average molecular weight is 444 g/mol. The van der Waals surface area contributed by atoms with Gasteiger partial charge in [0.05, 0.1) is 7.11 Å². The molecule has 0 spiro atoms. The Morgan fingerprint density at radius 2 is 1.85 bits per heavy atom. The fourth-order valence-electron chi connectivity index (χ4n) is 6.07. The van der Waals surface area contributed by atoms with Crippen LogP contribution in [0.15, 0.2) is 47.2 Å². The molecule has 172 valence electrons. The van der Waals surface area contributed by atoms with E-state index in [1.807, 2.05) is 12.3 Å². The van der Waals surface area contributed by atoms with Gasteiger partial charge >= 0.3 is 0 Å². The Balaban J connectivity index is 1.12. The Labute approximate surface area is 196 Å². The number of nitrogens with one attached hydrogen (secondary N) is 1. The monoisotopic (exact) mass is 443 g/mol. The lowest BCUT2D eigenvalue weighted by Gasteiger charge is -2.54. The summed E-state index contributed by atoms with van der Waals surface area (Å²) in [6.45, 7) is 3.15. The van der Waals surface area contributed by atoms with Crippen LogP contribution in [-0.4, -0.2) is 23.6 Å². The van der Waals surface area contributed by atoms with E-state index in [4.69, 9.17) is 14.1 Å². The first-order valence-electron chi connectivity index (χ1n) is 12.4. The fourth-order valence-corrected chi connectivity index (χ4v) is 6.07. The molecule has 1 N–H and O–H groups in total. The molecule has 0 saturated heterocycles. The van der Waals surface area contributed by atoms with Gasteiger partial charge in [0.15, 0.2) is 5.89 Å². The van der Waals surface area contributed by atoms with Crippen LogP contribution in [0.1, 0.15) is 74.3 Å². The number of anilines is 1. The van der Waals surface area contributed by atoms with Crippen molar-refractivity contribution in [3.05, 3.63) is 59.8 Å². The minimum Gasteiger partial charge on any atom is -0.496 e. The van der Waals surface area contributed by atoms with Crippen LogP contribution in [-0.2, 0) is 5.41 Å². The minimum atomic E-state index is 0.350. The van der Waals surface area contributed by atoms with Gasteiger partial charge in [-0.3, -0.25) is 0 Å². The van der Waals surface area contributed by atoms with Crippen molar-refractivity contribution in [3.63, 3.8) is 0 Å². The lowest BCUT2D eigenvalue weighted by atomic mass is 9.52. The van der Waals surface area contributed by atoms with E-state index in [1.165, 1.54) is 62.5 Å². The van der Waals surface area contributed by atoms with Crippen molar-refractivity contribution < 1.29 is 9.15 Å². The van der Waals surface area contributed by atoms with Gasteiger partial charge in [-0.1, -0.05) is 12.1 Å². The number of hydrogen-bond acceptors (Lipinski definition) is 5. The number of ether oxygens (including phenoxy) is 1. The molecule has 0 unspecified atom stereocenters. The second-order valence-electron chi connectivity index (χ2n) is 10.6. The maximum absolute atomic E-state index is 5.68. The molecule has 0 aliphatic heterocycles. The van der Waals surface area contributed by atoms with E-state index in [2.05, 4.69) is 41.5 Å². The van der Waals surface area contributed by atoms with Gasteiger partial charge < -0.3 is 14.5 Å². The second-order valence-corrected chi connectivity index (χ2v) is 10.6. The molecule has 2 bridgehead atoms. The summed E-state index contributed by atoms with van der Waals surface area (Å²) in [4.78, 5) is 9.28. The highest BCUT2D eigenvalue weighted by atomic mass is 16.5. The van der Waals surface area contributed by atoms with Gasteiger partial charge in [-0.2, -0.15) is 0 Å². The summed E-state index contributed by atoms with van der Waals surface area (Å²) in [5.74, 6) is 3.34. The van der Waals surface area contributed by atoms with E-state index in [-0.39, 0.29) is 0 Å². The van der Waals surface area contributed by atoms with Crippen LogP contribution in [0.3, 0.4) is 0 Å². The summed E-state index contributed by atoms with van der Waals surface area (Å²) in [6, 6.07) is 10.9. The quantitative estimate of drug-likeness (QED) is 0.444. The molecule has 4 fully saturated rings. The standard InChI is InChI=1S/C28H33N3O2/c1-19-15-22(5-6-24(19)32-2)28-11-8-27(9-12-28,10-13-28)18-30-25-16-21(7-14-29-25)23-17-33-26(31-23)20-3-4-20/h5-7,14-17,20H,3-4,8-13,18H2,1-2H3,(H,29,30). The van der Waals surface area contributed by atoms with Crippen molar-refractivity contribution in [2.24, 2.45) is 5.41 Å². The molecule has 2 aromatic heterocycles. The van der Waals surface area contributed by atoms with E-state index in [0.717, 1.165) is 35.3 Å². The third-order valence-electron chi connectivity index (χ3n) is 8.56. The third kappa shape index (κ3) is 3.81. The topological polar surface area (TPSA) is 60.2 Å². The maximum Gasteiger partial charge on any atom is 0.197 e. The number of oxazole rings is 1. The smallest absolute Gasteiger partial charge is 0.197 e. The first-order valence-corrected chi connectivity index (χ1v) is 12.4.